The van der Waals surface area contributed by atoms with E-state index >= 15 is 0 Å². The Labute approximate surface area is 186 Å². The summed E-state index contributed by atoms with van der Waals surface area (Å²) in [5.74, 6) is -1.96. The number of fused-ring (bicyclic) bond motifs is 1. The molecule has 5 heterocycles. The average Bonchev–Trinajstić information content (AvgIpc) is 3.42. The van der Waals surface area contributed by atoms with Gasteiger partial charge in [-0.05, 0) is 25.3 Å². The molecule has 0 aromatic carbocycles. The Morgan fingerprint density at radius 2 is 2.19 bits per heavy atom. The lowest BCUT2D eigenvalue weighted by molar-refractivity contribution is -0.146. The monoisotopic (exact) mass is 445 g/mol. The highest BCUT2D eigenvalue weighted by Gasteiger charge is 2.67. The normalized spacial score (nSPS) is 32.6. The third-order valence-electron chi connectivity index (χ3n) is 7.40. The number of rotatable bonds is 6. The summed E-state index contributed by atoms with van der Waals surface area (Å²) in [5, 5.41) is 11.0. The Hall–Kier alpha value is -2.36. The minimum Gasteiger partial charge on any atom is -0.385 e. The number of hydrogen-bond acceptors (Lipinski definition) is 6. The quantitative estimate of drug-likeness (QED) is 0.397. The number of aromatic nitrogens is 1. The molecule has 3 saturated heterocycles. The van der Waals surface area contributed by atoms with E-state index in [-0.39, 0.29) is 43.3 Å². The molecule has 5 rings (SSSR count). The number of carbonyl (C=O) groups is 2. The van der Waals surface area contributed by atoms with Crippen LogP contribution in [0, 0.1) is 17.8 Å². The number of ether oxygens (including phenoxy) is 2. The van der Waals surface area contributed by atoms with Gasteiger partial charge < -0.3 is 24.4 Å². The van der Waals surface area contributed by atoms with Crippen LogP contribution < -0.4 is 0 Å². The van der Waals surface area contributed by atoms with Crippen molar-refractivity contribution in [2.75, 3.05) is 39.9 Å². The Morgan fingerprint density at radius 1 is 1.41 bits per heavy atom. The number of carbonyl (C=O) groups excluding carboxylic acids is 2. The molecular weight excluding hydrogens is 417 g/mol. The molecule has 3 fully saturated rings. The molecule has 1 spiro atoms. The number of methoxy groups -OCH3 is 1. The van der Waals surface area contributed by atoms with Crippen molar-refractivity contribution >= 4 is 11.8 Å². The SMILES string of the molecule is COCCCN1C[C@@]23C=C[C@@H](O2)[C@H](C(=O)N2CCC(O)(c4cccnc4F)CC2)[C@H]3C1=O. The van der Waals surface area contributed by atoms with Crippen molar-refractivity contribution in [3.05, 3.63) is 42.0 Å². The molecule has 0 unspecified atom stereocenters. The number of likely N-dealkylation sites (tertiary alicyclic amines) is 2. The Kier molecular flexibility index (Phi) is 5.30. The van der Waals surface area contributed by atoms with Crippen LogP contribution in [0.15, 0.2) is 30.5 Å². The standard InChI is InChI=1S/C23H28FN3O5/c1-31-13-3-10-27-14-23-6-5-16(32-23)17(18(23)21(27)29)20(28)26-11-7-22(30,8-12-26)15-4-2-9-25-19(15)24/h2,4-6,9,16-18,30H,3,7-8,10-14H2,1H3/t16-,17+,18+,23-/m1/s1. The molecule has 2 amide bonds. The summed E-state index contributed by atoms with van der Waals surface area (Å²) in [6.07, 6.45) is 5.93. The van der Waals surface area contributed by atoms with E-state index in [4.69, 9.17) is 9.47 Å². The maximum absolute atomic E-state index is 14.1. The lowest BCUT2D eigenvalue weighted by atomic mass is 9.76. The summed E-state index contributed by atoms with van der Waals surface area (Å²) in [5.41, 5.74) is -1.93. The first kappa shape index (κ1) is 21.5. The maximum atomic E-state index is 14.1. The first-order valence-corrected chi connectivity index (χ1v) is 11.2. The van der Waals surface area contributed by atoms with Crippen LogP contribution in [-0.2, 0) is 24.7 Å². The van der Waals surface area contributed by atoms with E-state index in [1.165, 1.54) is 12.3 Å². The van der Waals surface area contributed by atoms with Gasteiger partial charge in [0.15, 0.2) is 0 Å². The summed E-state index contributed by atoms with van der Waals surface area (Å²) >= 11 is 0. The average molecular weight is 445 g/mol. The molecule has 2 bridgehead atoms. The predicted molar refractivity (Wildman–Crippen MR) is 111 cm³/mol. The van der Waals surface area contributed by atoms with E-state index in [1.807, 2.05) is 12.2 Å². The number of hydrogen-bond donors (Lipinski definition) is 1. The topological polar surface area (TPSA) is 92.2 Å². The Morgan fingerprint density at radius 3 is 2.91 bits per heavy atom. The molecule has 0 radical (unpaired) electrons. The van der Waals surface area contributed by atoms with Crippen molar-refractivity contribution in [2.45, 2.75) is 36.6 Å². The number of pyridine rings is 1. The van der Waals surface area contributed by atoms with Crippen LogP contribution in [0.4, 0.5) is 4.39 Å². The highest BCUT2D eigenvalue weighted by atomic mass is 19.1. The van der Waals surface area contributed by atoms with Crippen molar-refractivity contribution in [2.24, 2.45) is 11.8 Å². The number of piperidine rings is 1. The van der Waals surface area contributed by atoms with Crippen LogP contribution in [-0.4, -0.2) is 83.3 Å². The summed E-state index contributed by atoms with van der Waals surface area (Å²) < 4.78 is 25.4. The number of aliphatic hydroxyl groups is 1. The van der Waals surface area contributed by atoms with Gasteiger partial charge in [0, 0.05) is 45.1 Å². The summed E-state index contributed by atoms with van der Waals surface area (Å²) in [7, 11) is 1.63. The molecule has 4 aliphatic rings. The van der Waals surface area contributed by atoms with Crippen LogP contribution >= 0.6 is 0 Å². The van der Waals surface area contributed by atoms with Crippen molar-refractivity contribution in [3.63, 3.8) is 0 Å². The summed E-state index contributed by atoms with van der Waals surface area (Å²) in [6.45, 7) is 2.15. The van der Waals surface area contributed by atoms with Gasteiger partial charge in [0.1, 0.15) is 5.60 Å². The zero-order chi connectivity index (χ0) is 22.5. The molecule has 32 heavy (non-hydrogen) atoms. The molecule has 172 valence electrons. The number of halogens is 1. The van der Waals surface area contributed by atoms with Gasteiger partial charge in [0.25, 0.3) is 0 Å². The van der Waals surface area contributed by atoms with Crippen LogP contribution in [0.25, 0.3) is 0 Å². The highest BCUT2D eigenvalue weighted by Crippen LogP contribution is 2.52. The minimum absolute atomic E-state index is 0.0442. The van der Waals surface area contributed by atoms with E-state index in [0.717, 1.165) is 6.42 Å². The fraction of sp³-hybridized carbons (Fsp3) is 0.609. The van der Waals surface area contributed by atoms with Gasteiger partial charge in [-0.3, -0.25) is 9.59 Å². The Balaban J connectivity index is 1.29. The molecule has 1 N–H and O–H groups in total. The lowest BCUT2D eigenvalue weighted by Crippen LogP contribution is -2.51. The molecule has 1 aromatic rings. The highest BCUT2D eigenvalue weighted by molar-refractivity contribution is 5.93. The predicted octanol–water partition coefficient (Wildman–Crippen LogP) is 0.849. The molecular formula is C23H28FN3O5. The third-order valence-corrected chi connectivity index (χ3v) is 7.40. The molecule has 9 heteroatoms. The van der Waals surface area contributed by atoms with Crippen molar-refractivity contribution in [1.82, 2.24) is 14.8 Å². The second kappa shape index (κ2) is 7.90. The number of amides is 2. The number of nitrogens with zero attached hydrogens (tertiary/aromatic N) is 3. The summed E-state index contributed by atoms with van der Waals surface area (Å²) in [4.78, 5) is 33.8. The van der Waals surface area contributed by atoms with E-state index in [2.05, 4.69) is 4.98 Å². The van der Waals surface area contributed by atoms with Crippen LogP contribution in [0.1, 0.15) is 24.8 Å². The van der Waals surface area contributed by atoms with Gasteiger partial charge in [-0.2, -0.15) is 4.39 Å². The van der Waals surface area contributed by atoms with Crippen LogP contribution in [0.5, 0.6) is 0 Å². The summed E-state index contributed by atoms with van der Waals surface area (Å²) in [6, 6.07) is 3.13. The zero-order valence-corrected chi connectivity index (χ0v) is 18.1. The van der Waals surface area contributed by atoms with Gasteiger partial charge in [0.05, 0.1) is 30.1 Å². The lowest BCUT2D eigenvalue weighted by Gasteiger charge is -2.40. The van der Waals surface area contributed by atoms with Gasteiger partial charge in [-0.1, -0.05) is 18.2 Å². The first-order chi connectivity index (χ1) is 15.4. The van der Waals surface area contributed by atoms with E-state index in [0.29, 0.717) is 19.7 Å². The van der Waals surface area contributed by atoms with Gasteiger partial charge in [-0.15, -0.1) is 0 Å². The fourth-order valence-corrected chi connectivity index (χ4v) is 5.76. The van der Waals surface area contributed by atoms with Gasteiger partial charge in [0.2, 0.25) is 17.8 Å². The first-order valence-electron chi connectivity index (χ1n) is 11.2. The second-order valence-electron chi connectivity index (χ2n) is 9.20. The van der Waals surface area contributed by atoms with E-state index in [9.17, 15) is 19.1 Å². The zero-order valence-electron chi connectivity index (χ0n) is 18.1. The molecule has 8 nitrogen and oxygen atoms in total. The smallest absolute Gasteiger partial charge is 0.230 e. The Bertz CT molecular complexity index is 947. The largest absolute Gasteiger partial charge is 0.385 e. The molecule has 4 atom stereocenters. The molecule has 0 aliphatic carbocycles. The van der Waals surface area contributed by atoms with E-state index in [1.54, 1.807) is 23.0 Å². The fourth-order valence-electron chi connectivity index (χ4n) is 5.76. The van der Waals surface area contributed by atoms with Crippen LogP contribution in [0.3, 0.4) is 0 Å². The molecule has 0 saturated carbocycles. The molecule has 4 aliphatic heterocycles. The second-order valence-corrected chi connectivity index (χ2v) is 9.20. The van der Waals surface area contributed by atoms with Crippen molar-refractivity contribution in [1.29, 1.82) is 0 Å². The van der Waals surface area contributed by atoms with Gasteiger partial charge >= 0.3 is 0 Å². The third kappa shape index (κ3) is 3.25. The van der Waals surface area contributed by atoms with Gasteiger partial charge in [-0.25, -0.2) is 4.98 Å². The van der Waals surface area contributed by atoms with E-state index < -0.39 is 35.1 Å². The van der Waals surface area contributed by atoms with Crippen LogP contribution in [0.2, 0.25) is 0 Å². The maximum Gasteiger partial charge on any atom is 0.230 e. The van der Waals surface area contributed by atoms with Crippen molar-refractivity contribution < 1.29 is 28.6 Å². The minimum atomic E-state index is -1.36. The molecule has 1 aromatic heterocycles. The van der Waals surface area contributed by atoms with Crippen molar-refractivity contribution in [3.8, 4) is 0 Å².